The highest BCUT2D eigenvalue weighted by molar-refractivity contribution is 5.96. The number of carbonyl (C=O) groups excluding carboxylic acids is 1. The number of H-pyrrole nitrogens is 1. The summed E-state index contributed by atoms with van der Waals surface area (Å²) in [4.78, 5) is 20.2. The van der Waals surface area contributed by atoms with E-state index in [-0.39, 0.29) is 29.3 Å². The Balaban J connectivity index is 1.59. The lowest BCUT2D eigenvalue weighted by Gasteiger charge is -2.34. The van der Waals surface area contributed by atoms with Crippen LogP contribution in [0.25, 0.3) is 27.7 Å². The predicted octanol–water partition coefficient (Wildman–Crippen LogP) is 5.49. The lowest BCUT2D eigenvalue weighted by Crippen LogP contribution is -2.51. The van der Waals surface area contributed by atoms with Crippen LogP contribution in [0.3, 0.4) is 0 Å². The highest BCUT2D eigenvalue weighted by Crippen LogP contribution is 2.37. The summed E-state index contributed by atoms with van der Waals surface area (Å²) in [6.45, 7) is 6.11. The fourth-order valence-electron chi connectivity index (χ4n) is 4.58. The van der Waals surface area contributed by atoms with Gasteiger partial charge >= 0.3 is 5.97 Å². The zero-order valence-corrected chi connectivity index (χ0v) is 20.4. The quantitative estimate of drug-likeness (QED) is 0.471. The number of fused-ring (bicyclic) bond motifs is 1. The van der Waals surface area contributed by atoms with E-state index in [1.54, 1.807) is 19.4 Å². The van der Waals surface area contributed by atoms with Crippen LogP contribution < -0.4 is 10.1 Å². The zero-order valence-electron chi connectivity index (χ0n) is 20.4. The fraction of sp³-hybridized carbons (Fsp3) is 0.407. The highest BCUT2D eigenvalue weighted by Gasteiger charge is 2.34. The maximum atomic E-state index is 14.0. The highest BCUT2D eigenvalue weighted by atomic mass is 19.1. The number of aromatic amines is 1. The van der Waals surface area contributed by atoms with Gasteiger partial charge in [0.05, 0.1) is 14.2 Å². The second-order valence-corrected chi connectivity index (χ2v) is 9.84. The van der Waals surface area contributed by atoms with Crippen molar-refractivity contribution in [3.8, 4) is 16.9 Å². The maximum Gasteiger partial charge on any atom is 0.323 e. The SMILES string of the molecule is COC(=O)[C@@H](NC1CC=C(c2cc3c(-c4cc(F)ccc4OC)ccnc3[nH]2)CC1)C(C)(C)C. The number of rotatable bonds is 6. The molecule has 0 saturated heterocycles. The smallest absolute Gasteiger partial charge is 0.323 e. The van der Waals surface area contributed by atoms with Crippen LogP contribution in [0.4, 0.5) is 4.39 Å². The number of aromatic nitrogens is 2. The minimum atomic E-state index is -0.362. The lowest BCUT2D eigenvalue weighted by molar-refractivity contribution is -0.146. The van der Waals surface area contributed by atoms with Crippen LogP contribution in [0.1, 0.15) is 45.7 Å². The molecule has 3 aromatic rings. The molecule has 1 aliphatic rings. The summed E-state index contributed by atoms with van der Waals surface area (Å²) < 4.78 is 24.5. The number of methoxy groups -OCH3 is 2. The van der Waals surface area contributed by atoms with Crippen LogP contribution in [-0.4, -0.2) is 42.2 Å². The van der Waals surface area contributed by atoms with Crippen LogP contribution in [0.5, 0.6) is 5.75 Å². The Labute approximate surface area is 199 Å². The molecule has 2 heterocycles. The van der Waals surface area contributed by atoms with Crippen molar-refractivity contribution in [2.75, 3.05) is 14.2 Å². The van der Waals surface area contributed by atoms with Crippen molar-refractivity contribution in [2.24, 2.45) is 5.41 Å². The standard InChI is InChI=1S/C27H32FN3O3/c1-27(2,3)24(26(32)34-5)30-18-9-6-16(7-10-18)22-15-21-19(12-13-29-25(21)31-22)20-14-17(28)8-11-23(20)33-4/h6,8,11-15,18,24,30H,7,9-10H2,1-5H3,(H,29,31)/t18?,24-/m1/s1. The van der Waals surface area contributed by atoms with Crippen molar-refractivity contribution < 1.29 is 18.7 Å². The number of pyridine rings is 1. The molecule has 1 aromatic carbocycles. The minimum Gasteiger partial charge on any atom is -0.496 e. The van der Waals surface area contributed by atoms with Gasteiger partial charge in [0.15, 0.2) is 0 Å². The molecule has 2 atom stereocenters. The number of hydrogen-bond donors (Lipinski definition) is 2. The van der Waals surface area contributed by atoms with Crippen LogP contribution in [0, 0.1) is 11.2 Å². The van der Waals surface area contributed by atoms with Crippen LogP contribution in [-0.2, 0) is 9.53 Å². The Bertz CT molecular complexity index is 1230. The van der Waals surface area contributed by atoms with Crippen molar-refractivity contribution in [1.29, 1.82) is 0 Å². The van der Waals surface area contributed by atoms with Crippen molar-refractivity contribution in [1.82, 2.24) is 15.3 Å². The normalized spacial score (nSPS) is 17.4. The summed E-state index contributed by atoms with van der Waals surface area (Å²) in [5.41, 5.74) is 4.28. The molecule has 0 saturated carbocycles. The number of nitrogens with one attached hydrogen (secondary N) is 2. The van der Waals surface area contributed by atoms with Crippen LogP contribution in [0.2, 0.25) is 0 Å². The average molecular weight is 466 g/mol. The van der Waals surface area contributed by atoms with E-state index in [0.29, 0.717) is 11.3 Å². The Morgan fingerprint density at radius 1 is 1.21 bits per heavy atom. The summed E-state index contributed by atoms with van der Waals surface area (Å²) in [6, 6.07) is 8.31. The number of halogens is 1. The van der Waals surface area contributed by atoms with E-state index >= 15 is 0 Å². The molecule has 0 radical (unpaired) electrons. The Hall–Kier alpha value is -3.19. The summed E-state index contributed by atoms with van der Waals surface area (Å²) in [7, 11) is 3.01. The first kappa shape index (κ1) is 24.0. The average Bonchev–Trinajstić information content (AvgIpc) is 3.26. The third-order valence-corrected chi connectivity index (χ3v) is 6.45. The molecule has 180 valence electrons. The molecule has 0 amide bonds. The first-order valence-electron chi connectivity index (χ1n) is 11.6. The topological polar surface area (TPSA) is 76.2 Å². The van der Waals surface area contributed by atoms with Crippen LogP contribution >= 0.6 is 0 Å². The van der Waals surface area contributed by atoms with E-state index in [2.05, 4.69) is 27.4 Å². The number of benzene rings is 1. The van der Waals surface area contributed by atoms with E-state index < -0.39 is 0 Å². The number of allylic oxidation sites excluding steroid dienone is 1. The molecule has 2 aromatic heterocycles. The summed E-state index contributed by atoms with van der Waals surface area (Å²) in [5, 5.41) is 4.42. The number of ether oxygens (including phenoxy) is 2. The molecule has 4 rings (SSSR count). The Morgan fingerprint density at radius 2 is 2.00 bits per heavy atom. The van der Waals surface area contributed by atoms with Gasteiger partial charge < -0.3 is 19.8 Å². The summed E-state index contributed by atoms with van der Waals surface area (Å²) in [5.74, 6) is 0.0660. The molecule has 7 heteroatoms. The van der Waals surface area contributed by atoms with Crippen molar-refractivity contribution in [2.45, 2.75) is 52.1 Å². The second kappa shape index (κ2) is 9.58. The third-order valence-electron chi connectivity index (χ3n) is 6.45. The third kappa shape index (κ3) is 4.85. The van der Waals surface area contributed by atoms with Gasteiger partial charge in [-0.1, -0.05) is 26.8 Å². The molecular formula is C27H32FN3O3. The van der Waals surface area contributed by atoms with Crippen molar-refractivity contribution >= 4 is 22.6 Å². The largest absolute Gasteiger partial charge is 0.496 e. The lowest BCUT2D eigenvalue weighted by atomic mass is 9.84. The molecule has 0 aliphatic heterocycles. The predicted molar refractivity (Wildman–Crippen MR) is 132 cm³/mol. The van der Waals surface area contributed by atoms with E-state index in [4.69, 9.17) is 9.47 Å². The van der Waals surface area contributed by atoms with Gasteiger partial charge in [0, 0.05) is 28.9 Å². The first-order valence-corrected chi connectivity index (χ1v) is 11.6. The first-order chi connectivity index (χ1) is 16.2. The number of carbonyl (C=O) groups is 1. The molecule has 2 N–H and O–H groups in total. The number of hydrogen-bond acceptors (Lipinski definition) is 5. The zero-order chi connectivity index (χ0) is 24.5. The van der Waals surface area contributed by atoms with Gasteiger partial charge in [-0.2, -0.15) is 0 Å². The number of nitrogens with zero attached hydrogens (tertiary/aromatic N) is 1. The van der Waals surface area contributed by atoms with E-state index in [1.807, 2.05) is 26.8 Å². The van der Waals surface area contributed by atoms with E-state index in [9.17, 15) is 9.18 Å². The van der Waals surface area contributed by atoms with Gasteiger partial charge in [-0.3, -0.25) is 4.79 Å². The van der Waals surface area contributed by atoms with Gasteiger partial charge in [0.1, 0.15) is 23.3 Å². The molecule has 34 heavy (non-hydrogen) atoms. The fourth-order valence-corrected chi connectivity index (χ4v) is 4.58. The summed E-state index contributed by atoms with van der Waals surface area (Å²) >= 11 is 0. The maximum absolute atomic E-state index is 14.0. The van der Waals surface area contributed by atoms with Gasteiger partial charge in [-0.05, 0) is 66.1 Å². The monoisotopic (exact) mass is 465 g/mol. The van der Waals surface area contributed by atoms with Crippen LogP contribution in [0.15, 0.2) is 42.6 Å². The second-order valence-electron chi connectivity index (χ2n) is 9.84. The molecule has 6 nitrogen and oxygen atoms in total. The minimum absolute atomic E-state index is 0.196. The molecule has 0 spiro atoms. The molecule has 0 fully saturated rings. The van der Waals surface area contributed by atoms with Gasteiger partial charge in [-0.25, -0.2) is 9.37 Å². The van der Waals surface area contributed by atoms with Gasteiger partial charge in [0.2, 0.25) is 0 Å². The van der Waals surface area contributed by atoms with E-state index in [1.165, 1.54) is 24.8 Å². The van der Waals surface area contributed by atoms with Crippen molar-refractivity contribution in [3.63, 3.8) is 0 Å². The van der Waals surface area contributed by atoms with Gasteiger partial charge in [0.25, 0.3) is 0 Å². The van der Waals surface area contributed by atoms with Crippen molar-refractivity contribution in [3.05, 3.63) is 54.1 Å². The molecule has 1 aliphatic carbocycles. The Kier molecular flexibility index (Phi) is 6.75. The molecule has 1 unspecified atom stereocenters. The van der Waals surface area contributed by atoms with E-state index in [0.717, 1.165) is 41.6 Å². The molecular weight excluding hydrogens is 433 g/mol. The number of esters is 1. The Morgan fingerprint density at radius 3 is 2.65 bits per heavy atom. The molecule has 0 bridgehead atoms. The van der Waals surface area contributed by atoms with Gasteiger partial charge in [-0.15, -0.1) is 0 Å². The summed E-state index contributed by atoms with van der Waals surface area (Å²) in [6.07, 6.45) is 6.51.